The third-order valence-electron chi connectivity index (χ3n) is 2.72. The van der Waals surface area contributed by atoms with Gasteiger partial charge >= 0.3 is 5.97 Å². The molecule has 0 saturated carbocycles. The molecule has 4 nitrogen and oxygen atoms in total. The minimum Gasteiger partial charge on any atom is -0.490 e. The van der Waals surface area contributed by atoms with Crippen molar-refractivity contribution in [1.29, 1.82) is 0 Å². The maximum atomic E-state index is 10.6. The minimum atomic E-state index is -0.838. The number of hydrogen-bond donors (Lipinski definition) is 1. The Hall–Kier alpha value is -1.76. The summed E-state index contributed by atoms with van der Waals surface area (Å²) in [6.07, 6.45) is 0.0236. The first kappa shape index (κ1) is 15.6. The molecule has 2 rings (SSSR count). The Morgan fingerprint density at radius 3 is 2.33 bits per heavy atom. The molecule has 21 heavy (non-hydrogen) atoms. The Bertz CT molecular complexity index is 595. The maximum Gasteiger partial charge on any atom is 0.307 e. The van der Waals surface area contributed by atoms with Crippen LogP contribution < -0.4 is 9.47 Å². The Kier molecular flexibility index (Phi) is 5.86. The fourth-order valence-corrected chi connectivity index (χ4v) is 2.29. The molecular formula is C16H15IO4. The van der Waals surface area contributed by atoms with Crippen LogP contribution in [0.25, 0.3) is 0 Å². The monoisotopic (exact) mass is 398 g/mol. The van der Waals surface area contributed by atoms with Gasteiger partial charge in [-0.2, -0.15) is 0 Å². The van der Waals surface area contributed by atoms with Gasteiger partial charge in [0.15, 0.2) is 0 Å². The smallest absolute Gasteiger partial charge is 0.307 e. The number of benzene rings is 2. The molecule has 0 bridgehead atoms. The zero-order chi connectivity index (χ0) is 15.1. The lowest BCUT2D eigenvalue weighted by Crippen LogP contribution is -2.09. The molecular weight excluding hydrogens is 383 g/mol. The fourth-order valence-electron chi connectivity index (χ4n) is 1.75. The number of para-hydroxylation sites is 1. The molecule has 5 heteroatoms. The van der Waals surface area contributed by atoms with Gasteiger partial charge in [-0.3, -0.25) is 4.79 Å². The highest BCUT2D eigenvalue weighted by molar-refractivity contribution is 14.1. The van der Waals surface area contributed by atoms with Crippen molar-refractivity contribution in [2.45, 2.75) is 6.42 Å². The summed E-state index contributed by atoms with van der Waals surface area (Å²) in [6, 6.07) is 14.8. The van der Waals surface area contributed by atoms with Crippen LogP contribution in [-0.4, -0.2) is 24.3 Å². The second kappa shape index (κ2) is 7.87. The van der Waals surface area contributed by atoms with Crippen molar-refractivity contribution >= 4 is 28.6 Å². The third kappa shape index (κ3) is 5.26. The van der Waals surface area contributed by atoms with Gasteiger partial charge in [-0.1, -0.05) is 24.3 Å². The van der Waals surface area contributed by atoms with Gasteiger partial charge in [-0.25, -0.2) is 0 Å². The third-order valence-corrected chi connectivity index (χ3v) is 3.62. The molecule has 0 aliphatic carbocycles. The zero-order valence-corrected chi connectivity index (χ0v) is 13.4. The SMILES string of the molecule is O=C(O)Cc1ccc(OCCOc2ccccc2I)cc1. The van der Waals surface area contributed by atoms with Gasteiger partial charge in [0.05, 0.1) is 9.99 Å². The number of rotatable bonds is 7. The Labute approximate surface area is 136 Å². The second-order valence-corrected chi connectivity index (χ2v) is 5.50. The van der Waals surface area contributed by atoms with E-state index in [4.69, 9.17) is 14.6 Å². The molecule has 0 atom stereocenters. The first-order valence-corrected chi connectivity index (χ1v) is 7.54. The second-order valence-electron chi connectivity index (χ2n) is 4.34. The number of carboxylic acid groups (broad SMARTS) is 1. The predicted octanol–water partition coefficient (Wildman–Crippen LogP) is 3.38. The van der Waals surface area contributed by atoms with Crippen LogP contribution in [0.2, 0.25) is 0 Å². The highest BCUT2D eigenvalue weighted by Crippen LogP contribution is 2.19. The number of hydrogen-bond acceptors (Lipinski definition) is 3. The van der Waals surface area contributed by atoms with Crippen LogP contribution in [0.4, 0.5) is 0 Å². The topological polar surface area (TPSA) is 55.8 Å². The van der Waals surface area contributed by atoms with Gasteiger partial charge in [0, 0.05) is 0 Å². The van der Waals surface area contributed by atoms with E-state index in [1.807, 2.05) is 24.3 Å². The molecule has 0 heterocycles. The van der Waals surface area contributed by atoms with Gasteiger partial charge in [0.1, 0.15) is 24.7 Å². The van der Waals surface area contributed by atoms with E-state index in [-0.39, 0.29) is 6.42 Å². The van der Waals surface area contributed by atoms with Crippen molar-refractivity contribution in [2.75, 3.05) is 13.2 Å². The number of ether oxygens (including phenoxy) is 2. The van der Waals surface area contributed by atoms with Crippen LogP contribution in [0.3, 0.4) is 0 Å². The average molecular weight is 398 g/mol. The van der Waals surface area contributed by atoms with E-state index in [0.29, 0.717) is 19.0 Å². The van der Waals surface area contributed by atoms with Crippen molar-refractivity contribution in [3.8, 4) is 11.5 Å². The maximum absolute atomic E-state index is 10.6. The molecule has 0 aromatic heterocycles. The first-order valence-electron chi connectivity index (χ1n) is 6.46. The first-order chi connectivity index (χ1) is 10.1. The lowest BCUT2D eigenvalue weighted by molar-refractivity contribution is -0.136. The summed E-state index contributed by atoms with van der Waals surface area (Å²) < 4.78 is 12.2. The summed E-state index contributed by atoms with van der Waals surface area (Å²) in [7, 11) is 0. The predicted molar refractivity (Wildman–Crippen MR) is 87.9 cm³/mol. The summed E-state index contributed by atoms with van der Waals surface area (Å²) in [4.78, 5) is 10.6. The standard InChI is InChI=1S/C16H15IO4/c17-14-3-1-2-4-15(14)21-10-9-20-13-7-5-12(6-8-13)11-16(18)19/h1-8H,9-11H2,(H,18,19). The molecule has 110 valence electrons. The quantitative estimate of drug-likeness (QED) is 0.574. The van der Waals surface area contributed by atoms with E-state index in [0.717, 1.165) is 14.9 Å². The molecule has 0 amide bonds. The van der Waals surface area contributed by atoms with Crippen molar-refractivity contribution in [2.24, 2.45) is 0 Å². The van der Waals surface area contributed by atoms with Crippen molar-refractivity contribution < 1.29 is 19.4 Å². The number of carbonyl (C=O) groups is 1. The van der Waals surface area contributed by atoms with Gasteiger partial charge < -0.3 is 14.6 Å². The van der Waals surface area contributed by atoms with E-state index >= 15 is 0 Å². The van der Waals surface area contributed by atoms with Gasteiger partial charge in [-0.15, -0.1) is 0 Å². The minimum absolute atomic E-state index is 0.0236. The van der Waals surface area contributed by atoms with E-state index in [1.54, 1.807) is 24.3 Å². The molecule has 0 radical (unpaired) electrons. The van der Waals surface area contributed by atoms with Crippen LogP contribution in [0.15, 0.2) is 48.5 Å². The molecule has 2 aromatic rings. The van der Waals surface area contributed by atoms with Crippen LogP contribution in [0.5, 0.6) is 11.5 Å². The van der Waals surface area contributed by atoms with E-state index in [2.05, 4.69) is 22.6 Å². The Balaban J connectivity index is 1.76. The van der Waals surface area contributed by atoms with Crippen LogP contribution in [0, 0.1) is 3.57 Å². The number of carboxylic acids is 1. The molecule has 0 spiro atoms. The lowest BCUT2D eigenvalue weighted by atomic mass is 10.1. The molecule has 2 aromatic carbocycles. The zero-order valence-electron chi connectivity index (χ0n) is 11.3. The summed E-state index contributed by atoms with van der Waals surface area (Å²) in [5, 5.41) is 8.69. The van der Waals surface area contributed by atoms with Crippen LogP contribution >= 0.6 is 22.6 Å². The van der Waals surface area contributed by atoms with Crippen molar-refractivity contribution in [1.82, 2.24) is 0 Å². The van der Waals surface area contributed by atoms with Crippen molar-refractivity contribution in [3.63, 3.8) is 0 Å². The highest BCUT2D eigenvalue weighted by atomic mass is 127. The Morgan fingerprint density at radius 1 is 1.00 bits per heavy atom. The largest absolute Gasteiger partial charge is 0.490 e. The van der Waals surface area contributed by atoms with E-state index in [1.165, 1.54) is 0 Å². The highest BCUT2D eigenvalue weighted by Gasteiger charge is 2.02. The van der Waals surface area contributed by atoms with E-state index in [9.17, 15) is 4.79 Å². The normalized spacial score (nSPS) is 10.1. The van der Waals surface area contributed by atoms with Gasteiger partial charge in [-0.05, 0) is 52.4 Å². The number of halogens is 1. The Morgan fingerprint density at radius 2 is 1.67 bits per heavy atom. The summed E-state index contributed by atoms with van der Waals surface area (Å²) >= 11 is 2.22. The summed E-state index contributed by atoms with van der Waals surface area (Å²) in [5.74, 6) is 0.712. The molecule has 0 aliphatic heterocycles. The molecule has 0 saturated heterocycles. The van der Waals surface area contributed by atoms with Crippen molar-refractivity contribution in [3.05, 3.63) is 57.7 Å². The molecule has 0 fully saturated rings. The van der Waals surface area contributed by atoms with E-state index < -0.39 is 5.97 Å². The average Bonchev–Trinajstić information content (AvgIpc) is 2.46. The lowest BCUT2D eigenvalue weighted by Gasteiger charge is -2.09. The number of aliphatic carboxylic acids is 1. The van der Waals surface area contributed by atoms with Crippen LogP contribution in [0.1, 0.15) is 5.56 Å². The fraction of sp³-hybridized carbons (Fsp3) is 0.188. The molecule has 0 aliphatic rings. The van der Waals surface area contributed by atoms with Gasteiger partial charge in [0.25, 0.3) is 0 Å². The molecule has 0 unspecified atom stereocenters. The summed E-state index contributed by atoms with van der Waals surface area (Å²) in [5.41, 5.74) is 0.755. The van der Waals surface area contributed by atoms with Crippen LogP contribution in [-0.2, 0) is 11.2 Å². The molecule has 1 N–H and O–H groups in total. The summed E-state index contributed by atoms with van der Waals surface area (Å²) in [6.45, 7) is 0.889. The van der Waals surface area contributed by atoms with Gasteiger partial charge in [0.2, 0.25) is 0 Å².